The van der Waals surface area contributed by atoms with E-state index >= 15 is 0 Å². The summed E-state index contributed by atoms with van der Waals surface area (Å²) in [7, 11) is 0. The van der Waals surface area contributed by atoms with Gasteiger partial charge in [-0.15, -0.1) is 0 Å². The number of alkyl carbamates (subject to hydrolysis) is 1. The lowest BCUT2D eigenvalue weighted by Crippen LogP contribution is -2.27. The number of amides is 3. The van der Waals surface area contributed by atoms with Gasteiger partial charge >= 0.3 is 12.2 Å². The number of hydrogen-bond acceptors (Lipinski definition) is 7. The van der Waals surface area contributed by atoms with Gasteiger partial charge in [0, 0.05) is 23.9 Å². The monoisotopic (exact) mass is 553 g/mol. The Morgan fingerprint density at radius 1 is 0.805 bits per heavy atom. The first-order valence-electron chi connectivity index (χ1n) is 12.9. The van der Waals surface area contributed by atoms with Crippen molar-refractivity contribution >= 4 is 29.6 Å². The highest BCUT2D eigenvalue weighted by Gasteiger charge is 2.19. The van der Waals surface area contributed by atoms with Crippen LogP contribution in [-0.4, -0.2) is 33.7 Å². The van der Waals surface area contributed by atoms with E-state index in [1.807, 2.05) is 36.4 Å². The van der Waals surface area contributed by atoms with Crippen molar-refractivity contribution in [2.45, 2.75) is 39.5 Å². The Bertz CT molecular complexity index is 1490. The fourth-order valence-corrected chi connectivity index (χ4v) is 3.64. The number of carbonyl (C=O) groups is 3. The molecule has 0 saturated carbocycles. The number of hydrogen-bond donors (Lipinski definition) is 3. The van der Waals surface area contributed by atoms with E-state index in [0.29, 0.717) is 17.0 Å². The Balaban J connectivity index is 1.41. The predicted molar refractivity (Wildman–Crippen MR) is 155 cm³/mol. The zero-order valence-electron chi connectivity index (χ0n) is 23.0. The van der Waals surface area contributed by atoms with Crippen molar-refractivity contribution in [3.63, 3.8) is 0 Å². The van der Waals surface area contributed by atoms with Gasteiger partial charge in [0.2, 0.25) is 0 Å². The van der Waals surface area contributed by atoms with Gasteiger partial charge in [-0.25, -0.2) is 14.6 Å². The highest BCUT2D eigenvalue weighted by atomic mass is 16.6. The van der Waals surface area contributed by atoms with Gasteiger partial charge in [0.25, 0.3) is 5.91 Å². The topological polar surface area (TPSA) is 132 Å². The van der Waals surface area contributed by atoms with Gasteiger partial charge < -0.3 is 20.1 Å². The minimum atomic E-state index is -0.697. The standard InChI is InChI=1S/C31H31N5O5/c1-31(2,3)41-30(39)35-26-17-16-25(22-9-5-4-6-10-22)34-27(26)36-28(37)23-14-12-21(13-15-23)19-33-29(38)40-20-24-11-7-8-18-32-24/h4-18H,19-20H2,1-3H3,(H,33,38)(H,35,39)(H,34,36,37). The van der Waals surface area contributed by atoms with Gasteiger partial charge in [-0.3, -0.25) is 15.1 Å². The molecule has 2 aromatic heterocycles. The Morgan fingerprint density at radius 2 is 1.54 bits per heavy atom. The molecule has 0 fully saturated rings. The minimum Gasteiger partial charge on any atom is -0.444 e. The third kappa shape index (κ3) is 8.89. The second-order valence-corrected chi connectivity index (χ2v) is 9.99. The normalized spacial score (nSPS) is 10.8. The highest BCUT2D eigenvalue weighted by Crippen LogP contribution is 2.26. The Kier molecular flexibility index (Phi) is 9.26. The van der Waals surface area contributed by atoms with Crippen LogP contribution in [0.5, 0.6) is 0 Å². The van der Waals surface area contributed by atoms with Crippen molar-refractivity contribution in [3.8, 4) is 11.3 Å². The first kappa shape index (κ1) is 28.8. The van der Waals surface area contributed by atoms with E-state index < -0.39 is 23.7 Å². The fraction of sp³-hybridized carbons (Fsp3) is 0.194. The van der Waals surface area contributed by atoms with Crippen LogP contribution < -0.4 is 16.0 Å². The van der Waals surface area contributed by atoms with Crippen LogP contribution in [0.2, 0.25) is 0 Å². The third-order valence-electron chi connectivity index (χ3n) is 5.56. The third-order valence-corrected chi connectivity index (χ3v) is 5.56. The molecule has 4 aromatic rings. The fourth-order valence-electron chi connectivity index (χ4n) is 3.64. The van der Waals surface area contributed by atoms with Crippen LogP contribution in [0.1, 0.15) is 42.4 Å². The highest BCUT2D eigenvalue weighted by molar-refractivity contribution is 6.06. The molecule has 2 aromatic carbocycles. The lowest BCUT2D eigenvalue weighted by Gasteiger charge is -2.20. The maximum absolute atomic E-state index is 13.1. The molecular formula is C31H31N5O5. The number of benzene rings is 2. The Hall–Kier alpha value is -5.25. The molecule has 3 amide bonds. The van der Waals surface area contributed by atoms with Crippen molar-refractivity contribution in [2.75, 3.05) is 10.6 Å². The number of nitrogens with zero attached hydrogens (tertiary/aromatic N) is 2. The summed E-state index contributed by atoms with van der Waals surface area (Å²) >= 11 is 0. The molecule has 0 bridgehead atoms. The molecule has 0 spiro atoms. The minimum absolute atomic E-state index is 0.0655. The maximum Gasteiger partial charge on any atom is 0.412 e. The largest absolute Gasteiger partial charge is 0.444 e. The molecule has 210 valence electrons. The van der Waals surface area contributed by atoms with E-state index in [0.717, 1.165) is 11.1 Å². The van der Waals surface area contributed by atoms with Crippen LogP contribution in [0.3, 0.4) is 0 Å². The number of carbonyl (C=O) groups excluding carboxylic acids is 3. The maximum atomic E-state index is 13.1. The molecule has 0 atom stereocenters. The summed E-state index contributed by atoms with van der Waals surface area (Å²) in [5.41, 5.74) is 2.84. The predicted octanol–water partition coefficient (Wildman–Crippen LogP) is 6.17. The summed E-state index contributed by atoms with van der Waals surface area (Å²) in [6, 6.07) is 25.0. The smallest absolute Gasteiger partial charge is 0.412 e. The van der Waals surface area contributed by atoms with Gasteiger partial charge in [0.15, 0.2) is 5.82 Å². The number of ether oxygens (including phenoxy) is 2. The van der Waals surface area contributed by atoms with E-state index in [1.54, 1.807) is 75.5 Å². The van der Waals surface area contributed by atoms with Crippen LogP contribution >= 0.6 is 0 Å². The molecule has 0 unspecified atom stereocenters. The van der Waals surface area contributed by atoms with Crippen LogP contribution in [0.4, 0.5) is 21.1 Å². The second kappa shape index (κ2) is 13.2. The lowest BCUT2D eigenvalue weighted by molar-refractivity contribution is 0.0635. The molecule has 0 aliphatic heterocycles. The van der Waals surface area contributed by atoms with E-state index in [2.05, 4.69) is 25.9 Å². The average molecular weight is 554 g/mol. The Morgan fingerprint density at radius 3 is 2.22 bits per heavy atom. The molecule has 0 radical (unpaired) electrons. The molecule has 0 saturated heterocycles. The molecule has 41 heavy (non-hydrogen) atoms. The van der Waals surface area contributed by atoms with Crippen molar-refractivity contribution in [1.29, 1.82) is 0 Å². The summed E-state index contributed by atoms with van der Waals surface area (Å²) in [5.74, 6) is -0.257. The van der Waals surface area contributed by atoms with Gasteiger partial charge in [-0.1, -0.05) is 48.5 Å². The summed E-state index contributed by atoms with van der Waals surface area (Å²) in [6.07, 6.45) is 0.382. The lowest BCUT2D eigenvalue weighted by atomic mass is 10.1. The van der Waals surface area contributed by atoms with E-state index in [-0.39, 0.29) is 24.7 Å². The number of aromatic nitrogens is 2. The molecule has 0 aliphatic carbocycles. The van der Waals surface area contributed by atoms with Gasteiger partial charge in [-0.05, 0) is 62.7 Å². The molecule has 0 aliphatic rings. The van der Waals surface area contributed by atoms with Crippen molar-refractivity contribution in [1.82, 2.24) is 15.3 Å². The zero-order valence-corrected chi connectivity index (χ0v) is 23.0. The quantitative estimate of drug-likeness (QED) is 0.238. The van der Waals surface area contributed by atoms with Gasteiger partial charge in [0.1, 0.15) is 12.2 Å². The van der Waals surface area contributed by atoms with Gasteiger partial charge in [0.05, 0.1) is 17.1 Å². The molecule has 3 N–H and O–H groups in total. The first-order chi connectivity index (χ1) is 19.7. The van der Waals surface area contributed by atoms with Crippen molar-refractivity contribution in [3.05, 3.63) is 108 Å². The van der Waals surface area contributed by atoms with Gasteiger partial charge in [-0.2, -0.15) is 0 Å². The number of nitrogens with one attached hydrogen (secondary N) is 3. The molecule has 10 heteroatoms. The summed E-state index contributed by atoms with van der Waals surface area (Å²) < 4.78 is 10.5. The number of pyridine rings is 2. The number of rotatable bonds is 8. The molecule has 4 rings (SSSR count). The second-order valence-electron chi connectivity index (χ2n) is 9.99. The summed E-state index contributed by atoms with van der Waals surface area (Å²) in [5, 5.41) is 8.13. The van der Waals surface area contributed by atoms with Crippen LogP contribution in [-0.2, 0) is 22.6 Å². The van der Waals surface area contributed by atoms with E-state index in [1.165, 1.54) is 0 Å². The van der Waals surface area contributed by atoms with E-state index in [4.69, 9.17) is 9.47 Å². The van der Waals surface area contributed by atoms with E-state index in [9.17, 15) is 14.4 Å². The van der Waals surface area contributed by atoms with Crippen LogP contribution in [0.25, 0.3) is 11.3 Å². The molecule has 10 nitrogen and oxygen atoms in total. The SMILES string of the molecule is CC(C)(C)OC(=O)Nc1ccc(-c2ccccc2)nc1NC(=O)c1ccc(CNC(=O)OCc2ccccn2)cc1. The first-order valence-corrected chi connectivity index (χ1v) is 12.9. The average Bonchev–Trinajstić information content (AvgIpc) is 2.96. The summed E-state index contributed by atoms with van der Waals surface area (Å²) in [6.45, 7) is 5.56. The van der Waals surface area contributed by atoms with Crippen molar-refractivity contribution in [2.24, 2.45) is 0 Å². The van der Waals surface area contributed by atoms with Crippen LogP contribution in [0.15, 0.2) is 91.1 Å². The van der Waals surface area contributed by atoms with Crippen LogP contribution in [0, 0.1) is 0 Å². The Labute approximate surface area is 238 Å². The number of anilines is 2. The molecule has 2 heterocycles. The van der Waals surface area contributed by atoms with Crippen molar-refractivity contribution < 1.29 is 23.9 Å². The zero-order chi connectivity index (χ0) is 29.2. The summed E-state index contributed by atoms with van der Waals surface area (Å²) in [4.78, 5) is 46.3. The molecular weight excluding hydrogens is 522 g/mol.